The van der Waals surface area contributed by atoms with E-state index < -0.39 is 23.5 Å². The first-order valence-electron chi connectivity index (χ1n) is 40.3. The second-order valence-electron chi connectivity index (χ2n) is 29.8. The van der Waals surface area contributed by atoms with Crippen LogP contribution in [-0.4, -0.2) is 191 Å². The number of amides is 8. The summed E-state index contributed by atoms with van der Waals surface area (Å²) in [6.07, 6.45) is 5.90. The first-order valence-corrected chi connectivity index (χ1v) is 42.6. The summed E-state index contributed by atoms with van der Waals surface area (Å²) in [5, 5.41) is 23.6. The van der Waals surface area contributed by atoms with Crippen LogP contribution < -0.4 is 42.5 Å². The number of pyridine rings is 4. The van der Waals surface area contributed by atoms with E-state index >= 15 is 0 Å². The molecule has 0 radical (unpaired) electrons. The molecule has 16 rings (SSSR count). The molecule has 129 heavy (non-hydrogen) atoms. The fourth-order valence-corrected chi connectivity index (χ4v) is 14.5. The van der Waals surface area contributed by atoms with Crippen LogP contribution in [0.1, 0.15) is 122 Å². The number of para-hydroxylation sites is 1. The molecule has 0 aliphatic carbocycles. The number of hydrogen-bond acceptors (Lipinski definition) is 20. The fraction of sp³-hybridized carbons (Fsp3) is 0.158. The van der Waals surface area contributed by atoms with Crippen molar-refractivity contribution in [2.24, 2.45) is 20.0 Å². The van der Waals surface area contributed by atoms with E-state index in [-0.39, 0.29) is 62.6 Å². The largest absolute Gasteiger partial charge is 0.358 e. The molecule has 0 atom stereocenters. The number of amidine groups is 4. The van der Waals surface area contributed by atoms with Gasteiger partial charge in [-0.05, 0) is 188 Å². The smallest absolute Gasteiger partial charge is 0.258 e. The standard InChI is InChI=1S/C24H22BrN5O2.C24H21Cl2N5O2.C24H22ClN5O2.C23H19ClFN5O2/c1-15-3-9-20(19(13-15)24(32)29-21-10-8-18(25)14-27-21)28-23(31)17-6-4-16(5-7-17)22-26-11-12-30(22)2;1-14-11-18(24(33)29-20-8-7-17(25)13-28-20)21(19(26)12-14)30-23(32)16-5-3-15(4-6-16)22-27-9-10-31(22)2;1-15-3-9-20(19(13-15)24(32)29-21-10-8-18(25)14-27-21)28-23(31)17-6-4-16(5-7-17)22-26-11-12-30(22)2;1-30-11-10-26-21(30)14-6-8-16(18(25)12-14)22(31)28-19-5-3-2-4-17(19)23(32)29-20-9-7-15(24)13-27-20/h3-10,13-14H,11-12H2,1-2H3,(H,28,31)(H,27,29,32);3-8,11-13H,9-10H2,1-2H3,(H,30,32)(H,28,29,33);3-10,13-14H,11-12H2,1-2H3,(H,28,31)(H,27,29,32);2-9,12-13H,10-11H2,1H3,(H,28,31)(H,27,29,32). The Hall–Kier alpha value is -14.4. The van der Waals surface area contributed by atoms with Crippen molar-refractivity contribution in [3.63, 3.8) is 0 Å². The Balaban J connectivity index is 0.000000147. The van der Waals surface area contributed by atoms with Crippen molar-refractivity contribution in [2.45, 2.75) is 20.8 Å². The van der Waals surface area contributed by atoms with Gasteiger partial charge in [-0.15, -0.1) is 0 Å². The number of nitrogens with zero attached hydrogens (tertiary/aromatic N) is 12. The molecular weight excluding hydrogens is 1790 g/mol. The number of carbonyl (C=O) groups is 8. The molecule has 4 aromatic heterocycles. The minimum absolute atomic E-state index is 0.135. The molecule has 0 saturated carbocycles. The lowest BCUT2D eigenvalue weighted by Crippen LogP contribution is -2.24. The van der Waals surface area contributed by atoms with E-state index in [2.05, 4.69) is 113 Å². The zero-order chi connectivity index (χ0) is 91.5. The molecule has 8 N–H and O–H groups in total. The van der Waals surface area contributed by atoms with Crippen LogP contribution in [0.15, 0.2) is 262 Å². The quantitative estimate of drug-likeness (QED) is 0.0351. The van der Waals surface area contributed by atoms with Gasteiger partial charge in [-0.1, -0.05) is 124 Å². The number of rotatable bonds is 20. The maximum atomic E-state index is 14.7. The maximum Gasteiger partial charge on any atom is 0.258 e. The number of benzene rings is 8. The zero-order valence-corrected chi connectivity index (χ0v) is 75.2. The highest BCUT2D eigenvalue weighted by Gasteiger charge is 2.26. The van der Waals surface area contributed by atoms with Crippen molar-refractivity contribution < 1.29 is 42.7 Å². The second kappa shape index (κ2) is 42.7. The van der Waals surface area contributed by atoms with Crippen molar-refractivity contribution >= 4 is 179 Å². The third-order valence-corrected chi connectivity index (χ3v) is 21.7. The normalized spacial score (nSPS) is 13.0. The highest BCUT2D eigenvalue weighted by atomic mass is 79.9. The van der Waals surface area contributed by atoms with Crippen molar-refractivity contribution in [1.29, 1.82) is 0 Å². The van der Waals surface area contributed by atoms with Crippen LogP contribution in [0.2, 0.25) is 20.1 Å². The summed E-state index contributed by atoms with van der Waals surface area (Å²) < 4.78 is 15.5. The minimum Gasteiger partial charge on any atom is -0.358 e. The molecule has 0 spiro atoms. The monoisotopic (exact) mass is 1870 g/mol. The molecule has 0 bridgehead atoms. The molecule has 28 nitrogen and oxygen atoms in total. The van der Waals surface area contributed by atoms with Gasteiger partial charge in [0, 0.05) is 123 Å². The maximum absolute atomic E-state index is 14.7. The first kappa shape index (κ1) is 92.2. The van der Waals surface area contributed by atoms with Gasteiger partial charge in [0.15, 0.2) is 0 Å². The topological polar surface area (TPSA) is 347 Å². The summed E-state index contributed by atoms with van der Waals surface area (Å²) in [5.41, 5.74) is 9.78. The fourth-order valence-electron chi connectivity index (χ4n) is 13.6. The van der Waals surface area contributed by atoms with Gasteiger partial charge in [0.2, 0.25) is 0 Å². The highest BCUT2D eigenvalue weighted by Crippen LogP contribution is 2.32. The Labute approximate surface area is 770 Å². The molecule has 0 fully saturated rings. The molecule has 8 heterocycles. The van der Waals surface area contributed by atoms with Gasteiger partial charge in [-0.3, -0.25) is 58.3 Å². The average Bonchev–Trinajstić information content (AvgIpc) is 1.46. The number of halogens is 6. The Morgan fingerprint density at radius 3 is 1.02 bits per heavy atom. The molecule has 0 unspecified atom stereocenters. The predicted octanol–water partition coefficient (Wildman–Crippen LogP) is 17.6. The third kappa shape index (κ3) is 24.2. The summed E-state index contributed by atoms with van der Waals surface area (Å²) in [4.78, 5) is 145. The van der Waals surface area contributed by atoms with Crippen LogP contribution in [0, 0.1) is 26.6 Å². The highest BCUT2D eigenvalue weighted by molar-refractivity contribution is 9.10. The SMILES string of the molecule is CN1CCN=C1c1ccc(C(=O)Nc2ccccc2C(=O)Nc2ccc(Cl)cn2)c(F)c1.Cc1cc(Cl)c(NC(=O)c2ccc(C3=NCCN3C)cc2)c(C(=O)Nc2ccc(Cl)cn2)c1.Cc1ccc(NC(=O)c2ccc(C3=NCCN3C)cc2)c(C(=O)Nc2ccc(Br)cn2)c1.Cc1ccc(NC(=O)c2ccc(C3=NCCN3C)cc2)c(C(=O)Nc2ccc(Cl)cn2)c1. The number of aromatic nitrogens is 4. The van der Waals surface area contributed by atoms with E-state index in [0.29, 0.717) is 95.5 Å². The summed E-state index contributed by atoms with van der Waals surface area (Å²) in [5.74, 6) is 0.887. The van der Waals surface area contributed by atoms with Gasteiger partial charge < -0.3 is 62.1 Å². The lowest BCUT2D eigenvalue weighted by Gasteiger charge is -2.15. The number of aryl methyl sites for hydroxylation is 3. The van der Waals surface area contributed by atoms with Crippen LogP contribution in [-0.2, 0) is 0 Å². The van der Waals surface area contributed by atoms with E-state index in [9.17, 15) is 42.7 Å². The molecule has 0 saturated heterocycles. The lowest BCUT2D eigenvalue weighted by atomic mass is 10.1. The lowest BCUT2D eigenvalue weighted by molar-refractivity contribution is 0.100. The number of anilines is 8. The van der Waals surface area contributed by atoms with Crippen molar-refractivity contribution in [3.8, 4) is 0 Å². The Morgan fingerprint density at radius 2 is 0.651 bits per heavy atom. The number of likely N-dealkylation sites (N-methyl/N-ethyl adjacent to an activating group) is 4. The Kier molecular flexibility index (Phi) is 30.5. The minimum atomic E-state index is -0.671. The van der Waals surface area contributed by atoms with Gasteiger partial charge in [0.1, 0.15) is 52.4 Å². The molecule has 8 amide bonds. The molecule has 654 valence electrons. The summed E-state index contributed by atoms with van der Waals surface area (Å²) >= 11 is 27.2. The van der Waals surface area contributed by atoms with Crippen molar-refractivity contribution in [3.05, 3.63) is 351 Å². The molecule has 4 aliphatic rings. The van der Waals surface area contributed by atoms with Crippen molar-refractivity contribution in [2.75, 3.05) is 123 Å². The van der Waals surface area contributed by atoms with E-state index in [4.69, 9.17) is 46.4 Å². The number of aliphatic imine (C=N–C) groups is 4. The summed E-state index contributed by atoms with van der Waals surface area (Å²) in [6, 6.07) is 59.6. The number of hydrogen-bond donors (Lipinski definition) is 8. The zero-order valence-electron chi connectivity index (χ0n) is 70.6. The van der Waals surface area contributed by atoms with Gasteiger partial charge >= 0.3 is 0 Å². The molecular formula is C95H84BrCl4FN20O8. The number of nitrogens with one attached hydrogen (secondary N) is 8. The summed E-state index contributed by atoms with van der Waals surface area (Å²) in [7, 11) is 7.86. The van der Waals surface area contributed by atoms with Crippen LogP contribution >= 0.6 is 62.3 Å². The van der Waals surface area contributed by atoms with Crippen LogP contribution in [0.25, 0.3) is 0 Å². The number of carbonyl (C=O) groups excluding carboxylic acids is 8. The van der Waals surface area contributed by atoms with E-state index in [1.807, 2.05) is 102 Å². The van der Waals surface area contributed by atoms with Gasteiger partial charge in [-0.2, -0.15) is 0 Å². The van der Waals surface area contributed by atoms with Gasteiger partial charge in [0.05, 0.1) is 96.8 Å². The van der Waals surface area contributed by atoms with E-state index in [1.54, 1.807) is 158 Å². The van der Waals surface area contributed by atoms with Gasteiger partial charge in [0.25, 0.3) is 47.3 Å². The van der Waals surface area contributed by atoms with Crippen LogP contribution in [0.4, 0.5) is 50.4 Å². The first-order chi connectivity index (χ1) is 62.0. The molecule has 4 aliphatic heterocycles. The van der Waals surface area contributed by atoms with Gasteiger partial charge in [-0.25, -0.2) is 24.3 Å². The van der Waals surface area contributed by atoms with E-state index in [1.165, 1.54) is 30.7 Å². The Bertz CT molecular complexity index is 6190. The second-order valence-corrected chi connectivity index (χ2v) is 32.5. The molecule has 8 aromatic carbocycles. The average molecular weight is 1870 g/mol. The van der Waals surface area contributed by atoms with Crippen LogP contribution in [0.3, 0.4) is 0 Å². The Morgan fingerprint density at radius 1 is 0.318 bits per heavy atom. The molecule has 12 aromatic rings. The third-order valence-electron chi connectivity index (χ3n) is 20.3. The summed E-state index contributed by atoms with van der Waals surface area (Å²) in [6.45, 7) is 12.0. The van der Waals surface area contributed by atoms with E-state index in [0.717, 1.165) is 101 Å². The van der Waals surface area contributed by atoms with Crippen molar-refractivity contribution in [1.82, 2.24) is 39.5 Å². The predicted molar refractivity (Wildman–Crippen MR) is 510 cm³/mol. The molecule has 34 heteroatoms. The van der Waals surface area contributed by atoms with Crippen LogP contribution in [0.5, 0.6) is 0 Å².